The summed E-state index contributed by atoms with van der Waals surface area (Å²) in [5.41, 5.74) is 1.68. The maximum atomic E-state index is 5.97. The first kappa shape index (κ1) is 14.5. The molecule has 24 heavy (non-hydrogen) atoms. The number of benzene rings is 2. The molecule has 0 fully saturated rings. The number of aromatic nitrogens is 6. The van der Waals surface area contributed by atoms with Crippen LogP contribution in [0.25, 0.3) is 22.8 Å². The maximum absolute atomic E-state index is 5.97. The van der Waals surface area contributed by atoms with Crippen molar-refractivity contribution in [3.63, 3.8) is 0 Å². The van der Waals surface area contributed by atoms with Crippen LogP contribution in [-0.4, -0.2) is 30.3 Å². The molecule has 7 nitrogen and oxygen atoms in total. The summed E-state index contributed by atoms with van der Waals surface area (Å²) in [4.78, 5) is 5.75. The quantitative estimate of drug-likeness (QED) is 0.568. The average Bonchev–Trinajstić information content (AvgIpc) is 3.26. The summed E-state index contributed by atoms with van der Waals surface area (Å²) >= 11 is 5.97. The third-order valence-electron chi connectivity index (χ3n) is 3.31. The van der Waals surface area contributed by atoms with Gasteiger partial charge in [-0.1, -0.05) is 59.2 Å². The van der Waals surface area contributed by atoms with Crippen molar-refractivity contribution < 1.29 is 4.52 Å². The van der Waals surface area contributed by atoms with E-state index in [1.54, 1.807) is 12.1 Å². The van der Waals surface area contributed by atoms with Crippen molar-refractivity contribution in [3.8, 4) is 22.8 Å². The Morgan fingerprint density at radius 3 is 2.62 bits per heavy atom. The summed E-state index contributed by atoms with van der Waals surface area (Å²) in [6.45, 7) is 0.243. The minimum absolute atomic E-state index is 0.243. The summed E-state index contributed by atoms with van der Waals surface area (Å²) < 4.78 is 5.25. The Morgan fingerprint density at radius 2 is 1.79 bits per heavy atom. The van der Waals surface area contributed by atoms with Crippen LogP contribution in [0.4, 0.5) is 0 Å². The van der Waals surface area contributed by atoms with Crippen molar-refractivity contribution in [1.82, 2.24) is 30.3 Å². The minimum atomic E-state index is 0.243. The second kappa shape index (κ2) is 6.21. The van der Waals surface area contributed by atoms with Crippen molar-refractivity contribution in [2.75, 3.05) is 0 Å². The predicted molar refractivity (Wildman–Crippen MR) is 87.1 cm³/mol. The van der Waals surface area contributed by atoms with E-state index in [0.717, 1.165) is 11.1 Å². The first-order valence-electron chi connectivity index (χ1n) is 7.20. The van der Waals surface area contributed by atoms with Gasteiger partial charge in [-0.15, -0.1) is 10.2 Å². The molecule has 0 bridgehead atoms. The number of halogens is 1. The van der Waals surface area contributed by atoms with Crippen LogP contribution in [0.2, 0.25) is 5.02 Å². The Morgan fingerprint density at radius 1 is 0.958 bits per heavy atom. The van der Waals surface area contributed by atoms with E-state index in [0.29, 0.717) is 22.6 Å². The van der Waals surface area contributed by atoms with Crippen LogP contribution in [0.5, 0.6) is 0 Å². The number of nitrogens with zero attached hydrogens (tertiary/aromatic N) is 6. The molecule has 0 aliphatic heterocycles. The van der Waals surface area contributed by atoms with Gasteiger partial charge in [0.2, 0.25) is 11.6 Å². The lowest BCUT2D eigenvalue weighted by Crippen LogP contribution is -2.04. The predicted octanol–water partition coefficient (Wildman–Crippen LogP) is 3.09. The summed E-state index contributed by atoms with van der Waals surface area (Å²) in [7, 11) is 0. The normalized spacial score (nSPS) is 10.9. The molecular formula is C16H11ClN6O. The van der Waals surface area contributed by atoms with Gasteiger partial charge in [-0.2, -0.15) is 9.78 Å². The number of rotatable bonds is 4. The monoisotopic (exact) mass is 338 g/mol. The van der Waals surface area contributed by atoms with Crippen LogP contribution in [0.1, 0.15) is 5.89 Å². The van der Waals surface area contributed by atoms with Crippen LogP contribution >= 0.6 is 11.6 Å². The number of hydrogen-bond acceptors (Lipinski definition) is 6. The molecule has 4 rings (SSSR count). The third kappa shape index (κ3) is 3.02. The first-order chi connectivity index (χ1) is 11.8. The molecule has 0 unspecified atom stereocenters. The fourth-order valence-corrected chi connectivity index (χ4v) is 2.39. The van der Waals surface area contributed by atoms with E-state index in [9.17, 15) is 0 Å². The van der Waals surface area contributed by atoms with E-state index in [-0.39, 0.29) is 6.54 Å². The molecule has 0 aliphatic rings. The molecule has 8 heteroatoms. The van der Waals surface area contributed by atoms with Gasteiger partial charge in [0.1, 0.15) is 6.54 Å². The van der Waals surface area contributed by atoms with E-state index >= 15 is 0 Å². The van der Waals surface area contributed by atoms with Crippen molar-refractivity contribution >= 4 is 11.6 Å². The van der Waals surface area contributed by atoms with Crippen molar-refractivity contribution in [2.45, 2.75) is 6.54 Å². The Kier molecular flexibility index (Phi) is 3.76. The molecule has 2 aromatic carbocycles. The summed E-state index contributed by atoms with van der Waals surface area (Å²) in [6, 6.07) is 16.9. The van der Waals surface area contributed by atoms with Crippen LogP contribution in [0.3, 0.4) is 0 Å². The molecular weight excluding hydrogens is 328 g/mol. The van der Waals surface area contributed by atoms with Gasteiger partial charge in [0.15, 0.2) is 0 Å². The van der Waals surface area contributed by atoms with E-state index in [2.05, 4.69) is 25.6 Å². The van der Waals surface area contributed by atoms with Gasteiger partial charge in [0, 0.05) is 16.1 Å². The van der Waals surface area contributed by atoms with Crippen LogP contribution in [0.15, 0.2) is 59.1 Å². The average molecular weight is 339 g/mol. The van der Waals surface area contributed by atoms with Crippen LogP contribution in [-0.2, 0) is 6.54 Å². The fourth-order valence-electron chi connectivity index (χ4n) is 2.20. The van der Waals surface area contributed by atoms with Gasteiger partial charge >= 0.3 is 0 Å². The minimum Gasteiger partial charge on any atom is -0.337 e. The van der Waals surface area contributed by atoms with Crippen molar-refractivity contribution in [1.29, 1.82) is 0 Å². The van der Waals surface area contributed by atoms with E-state index in [4.69, 9.17) is 16.1 Å². The molecule has 2 heterocycles. The molecule has 0 spiro atoms. The molecule has 0 saturated carbocycles. The smallest absolute Gasteiger partial charge is 0.250 e. The lowest BCUT2D eigenvalue weighted by molar-refractivity contribution is 0.356. The van der Waals surface area contributed by atoms with Crippen LogP contribution in [0, 0.1) is 0 Å². The van der Waals surface area contributed by atoms with Crippen molar-refractivity contribution in [2.24, 2.45) is 0 Å². The molecule has 0 saturated heterocycles. The van der Waals surface area contributed by atoms with Gasteiger partial charge < -0.3 is 4.52 Å². The maximum Gasteiger partial charge on any atom is 0.250 e. The Hall–Kier alpha value is -3.06. The molecule has 118 valence electrons. The lowest BCUT2D eigenvalue weighted by atomic mass is 10.2. The highest BCUT2D eigenvalue weighted by Crippen LogP contribution is 2.20. The zero-order chi connectivity index (χ0) is 16.4. The fraction of sp³-hybridized carbons (Fsp3) is 0.0625. The zero-order valence-electron chi connectivity index (χ0n) is 12.4. The molecule has 0 atom stereocenters. The third-order valence-corrected chi connectivity index (χ3v) is 3.55. The van der Waals surface area contributed by atoms with Crippen LogP contribution < -0.4 is 0 Å². The molecule has 4 aromatic rings. The van der Waals surface area contributed by atoms with Gasteiger partial charge in [0.05, 0.1) is 0 Å². The summed E-state index contributed by atoms with van der Waals surface area (Å²) in [5.74, 6) is 1.41. The van der Waals surface area contributed by atoms with E-state index in [1.165, 1.54) is 4.80 Å². The molecule has 0 amide bonds. The molecule has 0 N–H and O–H groups in total. The summed E-state index contributed by atoms with van der Waals surface area (Å²) in [6.07, 6.45) is 0. The highest BCUT2D eigenvalue weighted by Gasteiger charge is 2.12. The lowest BCUT2D eigenvalue weighted by Gasteiger charge is -1.94. The van der Waals surface area contributed by atoms with E-state index in [1.807, 2.05) is 42.5 Å². The SMILES string of the molecule is Clc1cccc(-c2noc(Cn3nnc(-c4ccccc4)n3)n2)c1. The molecule has 0 aliphatic carbocycles. The Bertz CT molecular complexity index is 965. The van der Waals surface area contributed by atoms with Gasteiger partial charge in [-0.05, 0) is 17.3 Å². The second-order valence-corrected chi connectivity index (χ2v) is 5.47. The Labute approximate surface area is 141 Å². The number of hydrogen-bond donors (Lipinski definition) is 0. The molecule has 0 radical (unpaired) electrons. The topological polar surface area (TPSA) is 82.5 Å². The largest absolute Gasteiger partial charge is 0.337 e. The highest BCUT2D eigenvalue weighted by molar-refractivity contribution is 6.30. The first-order valence-corrected chi connectivity index (χ1v) is 7.57. The van der Waals surface area contributed by atoms with E-state index < -0.39 is 0 Å². The molecule has 2 aromatic heterocycles. The summed E-state index contributed by atoms with van der Waals surface area (Å²) in [5, 5.41) is 16.9. The highest BCUT2D eigenvalue weighted by atomic mass is 35.5. The van der Waals surface area contributed by atoms with Gasteiger partial charge in [0.25, 0.3) is 5.89 Å². The second-order valence-electron chi connectivity index (χ2n) is 5.03. The zero-order valence-corrected chi connectivity index (χ0v) is 13.1. The Balaban J connectivity index is 1.54. The van der Waals surface area contributed by atoms with Gasteiger partial charge in [-0.25, -0.2) is 0 Å². The van der Waals surface area contributed by atoms with Gasteiger partial charge in [-0.3, -0.25) is 0 Å². The van der Waals surface area contributed by atoms with Crippen molar-refractivity contribution in [3.05, 3.63) is 65.5 Å². The number of tetrazole rings is 1. The standard InChI is InChI=1S/C16H11ClN6O/c17-13-8-4-7-12(9-13)15-18-14(24-21-15)10-23-20-16(19-22-23)11-5-2-1-3-6-11/h1-9H,10H2.